The van der Waals surface area contributed by atoms with Crippen molar-refractivity contribution in [2.45, 2.75) is 42.9 Å². The van der Waals surface area contributed by atoms with Crippen LogP contribution in [-0.2, 0) is 4.79 Å². The Morgan fingerprint density at radius 3 is 2.45 bits per heavy atom. The summed E-state index contributed by atoms with van der Waals surface area (Å²) in [6, 6.07) is 0. The molecular weight excluding hydrogens is 183 g/mol. The van der Waals surface area contributed by atoms with Crippen LogP contribution < -0.4 is 0 Å². The highest BCUT2D eigenvalue weighted by atomic mass is 35.5. The number of alkyl halides is 2. The minimum atomic E-state index is -1.08. The Balaban J connectivity index is 2.54. The average Bonchev–Trinajstić information content (AvgIpc) is 1.93. The standard InChI is InChI=1S/C8H12Cl2O/c9-8(10)6-4-2-1-3-5-7(8)11/h1-6H2. The van der Waals surface area contributed by atoms with Crippen LogP contribution in [0.1, 0.15) is 38.5 Å². The lowest BCUT2D eigenvalue weighted by atomic mass is 9.99. The Morgan fingerprint density at radius 1 is 1.09 bits per heavy atom. The molecule has 0 spiro atoms. The van der Waals surface area contributed by atoms with Crippen molar-refractivity contribution in [1.29, 1.82) is 0 Å². The van der Waals surface area contributed by atoms with Gasteiger partial charge in [0, 0.05) is 6.42 Å². The first-order chi connectivity index (χ1) is 5.13. The summed E-state index contributed by atoms with van der Waals surface area (Å²) < 4.78 is -1.08. The number of ketones is 1. The van der Waals surface area contributed by atoms with Crippen molar-refractivity contribution in [3.05, 3.63) is 0 Å². The van der Waals surface area contributed by atoms with Crippen LogP contribution >= 0.6 is 23.2 Å². The second-order valence-corrected chi connectivity index (χ2v) is 4.53. The van der Waals surface area contributed by atoms with Gasteiger partial charge >= 0.3 is 0 Å². The molecule has 0 unspecified atom stereocenters. The summed E-state index contributed by atoms with van der Waals surface area (Å²) in [5.74, 6) is 0.000494. The number of carbonyl (C=O) groups excluding carboxylic acids is 1. The number of hydrogen-bond donors (Lipinski definition) is 0. The van der Waals surface area contributed by atoms with E-state index in [0.29, 0.717) is 12.8 Å². The topological polar surface area (TPSA) is 17.1 Å². The highest BCUT2D eigenvalue weighted by molar-refractivity contribution is 6.58. The highest BCUT2D eigenvalue weighted by Crippen LogP contribution is 2.32. The van der Waals surface area contributed by atoms with E-state index in [-0.39, 0.29) is 5.78 Å². The van der Waals surface area contributed by atoms with Crippen LogP contribution in [0.4, 0.5) is 0 Å². The maximum atomic E-state index is 11.2. The largest absolute Gasteiger partial charge is 0.296 e. The van der Waals surface area contributed by atoms with Gasteiger partial charge in [-0.05, 0) is 19.3 Å². The fourth-order valence-corrected chi connectivity index (χ4v) is 1.76. The highest BCUT2D eigenvalue weighted by Gasteiger charge is 2.32. The third-order valence-electron chi connectivity index (χ3n) is 2.05. The van der Waals surface area contributed by atoms with E-state index in [2.05, 4.69) is 0 Å². The number of halogens is 2. The zero-order valence-electron chi connectivity index (χ0n) is 6.41. The minimum absolute atomic E-state index is 0.000494. The van der Waals surface area contributed by atoms with Crippen molar-refractivity contribution in [3.63, 3.8) is 0 Å². The van der Waals surface area contributed by atoms with Crippen molar-refractivity contribution >= 4 is 29.0 Å². The van der Waals surface area contributed by atoms with Gasteiger partial charge in [-0.2, -0.15) is 0 Å². The second-order valence-electron chi connectivity index (χ2n) is 3.04. The molecule has 0 aromatic rings. The second kappa shape index (κ2) is 3.77. The fraction of sp³-hybridized carbons (Fsp3) is 0.875. The molecular formula is C8H12Cl2O. The molecule has 1 aliphatic rings. The van der Waals surface area contributed by atoms with Crippen molar-refractivity contribution < 1.29 is 4.79 Å². The summed E-state index contributed by atoms with van der Waals surface area (Å²) in [5, 5.41) is 0. The van der Waals surface area contributed by atoms with E-state index < -0.39 is 4.33 Å². The summed E-state index contributed by atoms with van der Waals surface area (Å²) in [6.07, 6.45) is 5.37. The maximum absolute atomic E-state index is 11.2. The quantitative estimate of drug-likeness (QED) is 0.543. The van der Waals surface area contributed by atoms with Gasteiger partial charge in [-0.3, -0.25) is 4.79 Å². The Labute approximate surface area is 77.1 Å². The van der Waals surface area contributed by atoms with Gasteiger partial charge in [0.15, 0.2) is 10.1 Å². The van der Waals surface area contributed by atoms with Crippen LogP contribution in [0.3, 0.4) is 0 Å². The average molecular weight is 195 g/mol. The van der Waals surface area contributed by atoms with Gasteiger partial charge in [-0.1, -0.05) is 36.0 Å². The lowest BCUT2D eigenvalue weighted by Crippen LogP contribution is -2.26. The minimum Gasteiger partial charge on any atom is -0.296 e. The van der Waals surface area contributed by atoms with Crippen molar-refractivity contribution in [2.75, 3.05) is 0 Å². The molecule has 1 aliphatic carbocycles. The van der Waals surface area contributed by atoms with E-state index in [1.807, 2.05) is 0 Å². The SMILES string of the molecule is O=C1CCCCCCC1(Cl)Cl. The molecule has 0 aromatic heterocycles. The smallest absolute Gasteiger partial charge is 0.175 e. The Hall–Kier alpha value is 0.250. The first-order valence-electron chi connectivity index (χ1n) is 4.04. The summed E-state index contributed by atoms with van der Waals surface area (Å²) >= 11 is 11.6. The third kappa shape index (κ3) is 2.64. The van der Waals surface area contributed by atoms with Crippen LogP contribution in [0.2, 0.25) is 0 Å². The fourth-order valence-electron chi connectivity index (χ4n) is 1.31. The summed E-state index contributed by atoms with van der Waals surface area (Å²) in [6.45, 7) is 0. The third-order valence-corrected chi connectivity index (χ3v) is 2.85. The van der Waals surface area contributed by atoms with E-state index >= 15 is 0 Å². The van der Waals surface area contributed by atoms with Gasteiger partial charge in [0.2, 0.25) is 0 Å². The molecule has 0 saturated heterocycles. The zero-order valence-corrected chi connectivity index (χ0v) is 7.92. The number of rotatable bonds is 0. The molecule has 11 heavy (non-hydrogen) atoms. The van der Waals surface area contributed by atoms with Crippen LogP contribution in [0.5, 0.6) is 0 Å². The Morgan fingerprint density at radius 2 is 1.73 bits per heavy atom. The van der Waals surface area contributed by atoms with Crippen LogP contribution in [0.25, 0.3) is 0 Å². The Bertz CT molecular complexity index is 154. The van der Waals surface area contributed by atoms with E-state index in [1.54, 1.807) is 0 Å². The molecule has 1 fully saturated rings. The van der Waals surface area contributed by atoms with Gasteiger partial charge in [0.25, 0.3) is 0 Å². The van der Waals surface area contributed by atoms with Gasteiger partial charge in [-0.15, -0.1) is 0 Å². The summed E-state index contributed by atoms with van der Waals surface area (Å²) in [7, 11) is 0. The molecule has 0 aromatic carbocycles. The molecule has 0 aliphatic heterocycles. The molecule has 0 amide bonds. The lowest BCUT2D eigenvalue weighted by Gasteiger charge is -2.20. The molecule has 0 bridgehead atoms. The van der Waals surface area contributed by atoms with Crippen LogP contribution in [0.15, 0.2) is 0 Å². The maximum Gasteiger partial charge on any atom is 0.175 e. The van der Waals surface area contributed by atoms with E-state index in [1.165, 1.54) is 0 Å². The van der Waals surface area contributed by atoms with E-state index in [9.17, 15) is 4.79 Å². The molecule has 1 rings (SSSR count). The normalized spacial score (nSPS) is 25.8. The first-order valence-corrected chi connectivity index (χ1v) is 4.80. The van der Waals surface area contributed by atoms with Crippen molar-refractivity contribution in [2.24, 2.45) is 0 Å². The summed E-state index contributed by atoms with van der Waals surface area (Å²) in [5.41, 5.74) is 0. The zero-order chi connectivity index (χ0) is 8.32. The summed E-state index contributed by atoms with van der Waals surface area (Å²) in [4.78, 5) is 11.2. The predicted octanol–water partition coefficient (Wildman–Crippen LogP) is 3.08. The van der Waals surface area contributed by atoms with Crippen molar-refractivity contribution in [3.8, 4) is 0 Å². The van der Waals surface area contributed by atoms with Crippen molar-refractivity contribution in [1.82, 2.24) is 0 Å². The molecule has 64 valence electrons. The van der Waals surface area contributed by atoms with Gasteiger partial charge in [-0.25, -0.2) is 0 Å². The van der Waals surface area contributed by atoms with Gasteiger partial charge < -0.3 is 0 Å². The Kier molecular flexibility index (Phi) is 3.20. The first kappa shape index (κ1) is 9.34. The molecule has 0 N–H and O–H groups in total. The van der Waals surface area contributed by atoms with Crippen LogP contribution in [-0.4, -0.2) is 10.1 Å². The number of carbonyl (C=O) groups is 1. The molecule has 1 saturated carbocycles. The number of hydrogen-bond acceptors (Lipinski definition) is 1. The number of Topliss-reactive ketones (excluding diaryl/α,β-unsaturated/α-hetero) is 1. The molecule has 0 heterocycles. The molecule has 1 nitrogen and oxygen atoms in total. The van der Waals surface area contributed by atoms with Gasteiger partial charge in [0.05, 0.1) is 0 Å². The predicted molar refractivity (Wildman–Crippen MR) is 47.1 cm³/mol. The monoisotopic (exact) mass is 194 g/mol. The molecule has 0 atom stereocenters. The van der Waals surface area contributed by atoms with E-state index in [4.69, 9.17) is 23.2 Å². The lowest BCUT2D eigenvalue weighted by molar-refractivity contribution is -0.120. The van der Waals surface area contributed by atoms with Gasteiger partial charge in [0.1, 0.15) is 0 Å². The van der Waals surface area contributed by atoms with Crippen LogP contribution in [0, 0.1) is 0 Å². The van der Waals surface area contributed by atoms with E-state index in [0.717, 1.165) is 25.7 Å². The molecule has 0 radical (unpaired) electrons. The molecule has 3 heteroatoms.